The summed E-state index contributed by atoms with van der Waals surface area (Å²) in [6, 6.07) is 0. The zero-order chi connectivity index (χ0) is 39.2. The Morgan fingerprint density at radius 3 is 0.843 bits per heavy atom. The van der Waals surface area contributed by atoms with Crippen LogP contribution in [0, 0.1) is 0 Å². The molecular weight excluding hydrogens is 783 g/mol. The molecular formula is C29H39F17O3S2. The van der Waals surface area contributed by atoms with Crippen molar-refractivity contribution in [3.8, 4) is 0 Å². The van der Waals surface area contributed by atoms with Crippen LogP contribution in [0.15, 0.2) is 0 Å². The summed E-state index contributed by atoms with van der Waals surface area (Å²) in [5, 5.41) is -10.4. The maximum atomic E-state index is 15.6. The second-order valence-corrected chi connectivity index (χ2v) is 18.9. The molecule has 0 aromatic carbocycles. The van der Waals surface area contributed by atoms with Crippen LogP contribution in [-0.4, -0.2) is 71.1 Å². The lowest BCUT2D eigenvalue weighted by Gasteiger charge is -2.55. The van der Waals surface area contributed by atoms with Crippen LogP contribution in [0.3, 0.4) is 0 Å². The van der Waals surface area contributed by atoms with E-state index >= 15 is 17.6 Å². The number of halogens is 17. The van der Waals surface area contributed by atoms with Gasteiger partial charge in [-0.2, -0.15) is 83.1 Å². The van der Waals surface area contributed by atoms with Gasteiger partial charge in [0.2, 0.25) is 0 Å². The predicted octanol–water partition coefficient (Wildman–Crippen LogP) is 12.2. The van der Waals surface area contributed by atoms with Gasteiger partial charge in [-0.1, -0.05) is 77.0 Å². The molecule has 3 aliphatic carbocycles. The first-order valence-corrected chi connectivity index (χ1v) is 19.6. The average Bonchev–Trinajstić information content (AvgIpc) is 3.56. The Bertz CT molecular complexity index is 1210. The molecule has 3 fully saturated rings. The van der Waals surface area contributed by atoms with Crippen LogP contribution >= 0.6 is 10.3 Å². The van der Waals surface area contributed by atoms with Crippen LogP contribution in [0.25, 0.3) is 0 Å². The van der Waals surface area contributed by atoms with E-state index in [2.05, 4.69) is 0 Å². The van der Waals surface area contributed by atoms with Gasteiger partial charge in [-0.3, -0.25) is 0 Å². The van der Waals surface area contributed by atoms with E-state index < -0.39 is 83.1 Å². The number of alkyl halides is 17. The third-order valence-electron chi connectivity index (χ3n) is 10.2. The highest BCUT2D eigenvalue weighted by molar-refractivity contribution is 8.34. The van der Waals surface area contributed by atoms with Gasteiger partial charge in [0.1, 0.15) is 0 Å². The van der Waals surface area contributed by atoms with Gasteiger partial charge in [-0.25, -0.2) is 3.63 Å². The predicted molar refractivity (Wildman–Crippen MR) is 153 cm³/mol. The van der Waals surface area contributed by atoms with Crippen molar-refractivity contribution in [3.63, 3.8) is 0 Å². The smallest absolute Gasteiger partial charge is 0.214 e. The van der Waals surface area contributed by atoms with E-state index in [0.717, 1.165) is 0 Å². The summed E-state index contributed by atoms with van der Waals surface area (Å²) in [4.78, 5) is 0. The van der Waals surface area contributed by atoms with Gasteiger partial charge in [-0.05, 0) is 38.5 Å². The molecule has 51 heavy (non-hydrogen) atoms. The monoisotopic (exact) mass is 822 g/mol. The van der Waals surface area contributed by atoms with Gasteiger partial charge >= 0.3 is 57.1 Å². The van der Waals surface area contributed by atoms with E-state index in [1.807, 2.05) is 0 Å². The normalized spacial score (nSPS) is 22.7. The fourth-order valence-electron chi connectivity index (χ4n) is 7.32. The van der Waals surface area contributed by atoms with E-state index in [4.69, 9.17) is 3.63 Å². The molecule has 0 amide bonds. The van der Waals surface area contributed by atoms with Crippen molar-refractivity contribution in [2.75, 3.05) is 0 Å². The molecule has 0 unspecified atom stereocenters. The Hall–Kier alpha value is -0.930. The van der Waals surface area contributed by atoms with E-state index in [-0.39, 0.29) is 38.5 Å². The SMILES string of the molecule is O=S(=O)(OS(C1CCCCCC1)(C1CCCCCC1)C1CCCCCC1)C(F)(F)C(F)(F)C(F)(F)C(F)(F)C(F)(F)C(F)(F)C(F)(F)C(F)(F)F. The number of hydrogen-bond acceptors (Lipinski definition) is 3. The van der Waals surface area contributed by atoms with Crippen LogP contribution in [0.4, 0.5) is 74.6 Å². The third-order valence-corrected chi connectivity index (χ3v) is 17.3. The van der Waals surface area contributed by atoms with Crippen molar-refractivity contribution in [3.05, 3.63) is 0 Å². The molecule has 3 nitrogen and oxygen atoms in total. The number of rotatable bonds is 12. The molecule has 3 saturated carbocycles. The molecule has 0 spiro atoms. The van der Waals surface area contributed by atoms with E-state index in [9.17, 15) is 65.5 Å². The molecule has 3 aliphatic rings. The highest BCUT2D eigenvalue weighted by Crippen LogP contribution is 2.72. The van der Waals surface area contributed by atoms with Crippen LogP contribution in [0.5, 0.6) is 0 Å². The first kappa shape index (κ1) is 44.5. The van der Waals surface area contributed by atoms with Gasteiger partial charge < -0.3 is 0 Å². The minimum absolute atomic E-state index is 0.114. The van der Waals surface area contributed by atoms with Crippen LogP contribution in [0.1, 0.15) is 116 Å². The molecule has 0 radical (unpaired) electrons. The molecule has 3 rings (SSSR count). The van der Waals surface area contributed by atoms with Crippen molar-refractivity contribution in [1.82, 2.24) is 0 Å². The molecule has 22 heteroatoms. The summed E-state index contributed by atoms with van der Waals surface area (Å²) in [5.74, 6) is -51.8. The lowest BCUT2D eigenvalue weighted by Crippen LogP contribution is -2.75. The van der Waals surface area contributed by atoms with Crippen LogP contribution in [-0.2, 0) is 13.7 Å². The van der Waals surface area contributed by atoms with E-state index in [1.54, 1.807) is 0 Å². The van der Waals surface area contributed by atoms with Crippen molar-refractivity contribution in [2.24, 2.45) is 0 Å². The summed E-state index contributed by atoms with van der Waals surface area (Å²) >= 11 is 0. The second-order valence-electron chi connectivity index (χ2n) is 13.5. The fourth-order valence-corrected chi connectivity index (χ4v) is 15.5. The summed E-state index contributed by atoms with van der Waals surface area (Å²) in [7, 11) is -11.3. The quantitative estimate of drug-likeness (QED) is 0.145. The van der Waals surface area contributed by atoms with Crippen molar-refractivity contribution < 1.29 is 86.7 Å². The Kier molecular flexibility index (Phi) is 13.0. The highest BCUT2D eigenvalue weighted by Gasteiger charge is 2.96. The fraction of sp³-hybridized carbons (Fsp3) is 1.00. The summed E-state index contributed by atoms with van der Waals surface area (Å²) < 4.78 is 271. The average molecular weight is 823 g/mol. The van der Waals surface area contributed by atoms with Gasteiger partial charge in [0.05, 0.1) is 0 Å². The molecule has 0 atom stereocenters. The Balaban J connectivity index is 2.22. The molecule has 0 saturated heterocycles. The molecule has 0 aromatic heterocycles. The van der Waals surface area contributed by atoms with Crippen LogP contribution < -0.4 is 0 Å². The molecule has 0 bridgehead atoms. The standard InChI is InChI=1S/C29H39F17O3S2/c30-22(31,24(34,35)26(38,39)28(42,43)44)23(32,33)25(36,37)27(40,41)29(45,46)51(47,48)49-50(19-13-7-1-2-8-14-19,20-15-9-3-4-10-16-20)21-17-11-5-6-12-18-21/h19-21H,1-18H2. The Morgan fingerprint density at radius 1 is 0.353 bits per heavy atom. The lowest BCUT2D eigenvalue weighted by atomic mass is 9.91. The van der Waals surface area contributed by atoms with Crippen molar-refractivity contribution in [1.29, 1.82) is 0 Å². The second kappa shape index (κ2) is 15.0. The van der Waals surface area contributed by atoms with Crippen molar-refractivity contribution in [2.45, 2.75) is 178 Å². The van der Waals surface area contributed by atoms with Gasteiger partial charge in [0.15, 0.2) is 0 Å². The molecule has 0 heterocycles. The summed E-state index contributed by atoms with van der Waals surface area (Å²) in [6.07, 6.45) is -1.44. The summed E-state index contributed by atoms with van der Waals surface area (Å²) in [5.41, 5.74) is 0. The lowest BCUT2D eigenvalue weighted by molar-refractivity contribution is -0.458. The van der Waals surface area contributed by atoms with Gasteiger partial charge in [0.25, 0.3) is 0 Å². The Labute approximate surface area is 285 Å². The van der Waals surface area contributed by atoms with Gasteiger partial charge in [-0.15, -0.1) is 10.3 Å². The maximum absolute atomic E-state index is 15.6. The Morgan fingerprint density at radius 2 is 0.588 bits per heavy atom. The molecule has 0 N–H and O–H groups in total. The highest BCUT2D eigenvalue weighted by atomic mass is 32.3. The van der Waals surface area contributed by atoms with Gasteiger partial charge in [0, 0.05) is 15.7 Å². The zero-order valence-corrected chi connectivity index (χ0v) is 28.6. The molecule has 304 valence electrons. The third kappa shape index (κ3) is 7.30. The maximum Gasteiger partial charge on any atom is 0.460 e. The molecule has 0 aliphatic heterocycles. The first-order valence-electron chi connectivity index (χ1n) is 16.5. The minimum atomic E-state index is -8.87. The zero-order valence-electron chi connectivity index (χ0n) is 26.9. The first-order chi connectivity index (χ1) is 23.0. The van der Waals surface area contributed by atoms with Crippen molar-refractivity contribution >= 4 is 20.4 Å². The number of hydrogen-bond donors (Lipinski definition) is 0. The minimum Gasteiger partial charge on any atom is -0.214 e. The van der Waals surface area contributed by atoms with E-state index in [0.29, 0.717) is 77.0 Å². The largest absolute Gasteiger partial charge is 0.460 e. The van der Waals surface area contributed by atoms with Crippen LogP contribution in [0.2, 0.25) is 0 Å². The molecule has 0 aromatic rings. The van der Waals surface area contributed by atoms with E-state index in [1.165, 1.54) is 0 Å². The topological polar surface area (TPSA) is 43.4 Å². The summed E-state index contributed by atoms with van der Waals surface area (Å²) in [6.45, 7) is 0.